The number of carbonyl (C=O) groups excluding carboxylic acids is 2. The number of nitrogens with zero attached hydrogens (tertiary/aromatic N) is 3. The zero-order valence-corrected chi connectivity index (χ0v) is 13.0. The number of benzene rings is 1. The van der Waals surface area contributed by atoms with Crippen LogP contribution in [0.2, 0.25) is 0 Å². The molecule has 1 aromatic carbocycles. The number of aryl methyl sites for hydroxylation is 1. The molecule has 0 spiro atoms. The van der Waals surface area contributed by atoms with Crippen LogP contribution in [0.15, 0.2) is 34.7 Å². The Morgan fingerprint density at radius 1 is 1.29 bits per heavy atom. The van der Waals surface area contributed by atoms with E-state index in [0.717, 1.165) is 14.9 Å². The standard InChI is InChI=1S/C14H13N3O2S2/c1-9-15-16-14(20-9)21-11-7-12(18)17(13(11)19)8-10-5-3-2-4-6-10/h2-6,11H,7-8H2,1H3. The number of likely N-dealkylation sites (tertiary alicyclic amines) is 1. The Bertz CT molecular complexity index is 672. The molecule has 1 aliphatic heterocycles. The molecule has 0 saturated carbocycles. The number of thioether (sulfide) groups is 1. The van der Waals surface area contributed by atoms with Crippen LogP contribution < -0.4 is 0 Å². The van der Waals surface area contributed by atoms with Crippen molar-refractivity contribution in [3.8, 4) is 0 Å². The summed E-state index contributed by atoms with van der Waals surface area (Å²) < 4.78 is 0.736. The molecule has 0 aliphatic carbocycles. The summed E-state index contributed by atoms with van der Waals surface area (Å²) in [6.07, 6.45) is 0.231. The fraction of sp³-hybridized carbons (Fsp3) is 0.286. The molecule has 1 aromatic heterocycles. The summed E-state index contributed by atoms with van der Waals surface area (Å²) in [7, 11) is 0. The van der Waals surface area contributed by atoms with Crippen molar-refractivity contribution in [3.63, 3.8) is 0 Å². The first-order valence-electron chi connectivity index (χ1n) is 6.48. The Morgan fingerprint density at radius 3 is 2.71 bits per heavy atom. The van der Waals surface area contributed by atoms with E-state index in [1.807, 2.05) is 37.3 Å². The molecule has 1 aliphatic rings. The molecule has 0 bridgehead atoms. The van der Waals surface area contributed by atoms with Crippen LogP contribution in [-0.2, 0) is 16.1 Å². The van der Waals surface area contributed by atoms with Crippen molar-refractivity contribution in [3.05, 3.63) is 40.9 Å². The largest absolute Gasteiger partial charge is 0.277 e. The number of amides is 2. The molecular formula is C14H13N3O2S2. The van der Waals surface area contributed by atoms with Crippen LogP contribution in [0.5, 0.6) is 0 Å². The van der Waals surface area contributed by atoms with Crippen molar-refractivity contribution in [2.75, 3.05) is 0 Å². The molecule has 2 amide bonds. The predicted molar refractivity (Wildman–Crippen MR) is 80.9 cm³/mol. The van der Waals surface area contributed by atoms with Crippen LogP contribution in [0.1, 0.15) is 17.0 Å². The van der Waals surface area contributed by atoms with Gasteiger partial charge in [-0.1, -0.05) is 53.4 Å². The van der Waals surface area contributed by atoms with E-state index < -0.39 is 0 Å². The Kier molecular flexibility index (Phi) is 4.03. The first-order chi connectivity index (χ1) is 10.1. The fourth-order valence-corrected chi connectivity index (χ4v) is 4.23. The minimum atomic E-state index is -0.381. The van der Waals surface area contributed by atoms with Crippen molar-refractivity contribution >= 4 is 34.9 Å². The number of rotatable bonds is 4. The third-order valence-corrected chi connectivity index (χ3v) is 5.24. The molecule has 3 rings (SSSR count). The smallest absolute Gasteiger partial charge is 0.243 e. The summed E-state index contributed by atoms with van der Waals surface area (Å²) in [6, 6.07) is 9.53. The summed E-state index contributed by atoms with van der Waals surface area (Å²) in [5, 5.41) is 8.40. The molecule has 0 radical (unpaired) electrons. The fourth-order valence-electron chi connectivity index (χ4n) is 2.12. The van der Waals surface area contributed by atoms with Gasteiger partial charge in [-0.3, -0.25) is 14.5 Å². The normalized spacial score (nSPS) is 18.5. The SMILES string of the molecule is Cc1nnc(SC2CC(=O)N(Cc3ccccc3)C2=O)s1. The maximum absolute atomic E-state index is 12.4. The van der Waals surface area contributed by atoms with Gasteiger partial charge in [0.2, 0.25) is 11.8 Å². The average Bonchev–Trinajstić information content (AvgIpc) is 2.99. The highest BCUT2D eigenvalue weighted by Gasteiger charge is 2.39. The van der Waals surface area contributed by atoms with Crippen LogP contribution in [0.4, 0.5) is 0 Å². The zero-order chi connectivity index (χ0) is 14.8. The second kappa shape index (κ2) is 5.95. The second-order valence-electron chi connectivity index (χ2n) is 4.70. The first kappa shape index (κ1) is 14.2. The van der Waals surface area contributed by atoms with Gasteiger partial charge in [0.05, 0.1) is 11.8 Å². The van der Waals surface area contributed by atoms with Gasteiger partial charge in [0.25, 0.3) is 0 Å². The highest BCUT2D eigenvalue weighted by atomic mass is 32.2. The molecule has 5 nitrogen and oxygen atoms in total. The van der Waals surface area contributed by atoms with Gasteiger partial charge in [-0.25, -0.2) is 0 Å². The van der Waals surface area contributed by atoms with E-state index in [2.05, 4.69) is 10.2 Å². The lowest BCUT2D eigenvalue weighted by molar-refractivity contribution is -0.138. The molecule has 0 N–H and O–H groups in total. The molecule has 1 fully saturated rings. The van der Waals surface area contributed by atoms with Crippen LogP contribution in [0.25, 0.3) is 0 Å². The summed E-state index contributed by atoms with van der Waals surface area (Å²) in [5.41, 5.74) is 0.955. The third-order valence-electron chi connectivity index (χ3n) is 3.14. The van der Waals surface area contributed by atoms with E-state index in [0.29, 0.717) is 6.54 Å². The molecule has 7 heteroatoms. The van der Waals surface area contributed by atoms with E-state index >= 15 is 0 Å². The second-order valence-corrected chi connectivity index (χ2v) is 7.33. The Morgan fingerprint density at radius 2 is 2.05 bits per heavy atom. The van der Waals surface area contributed by atoms with E-state index in [-0.39, 0.29) is 23.5 Å². The van der Waals surface area contributed by atoms with Crippen molar-refractivity contribution in [1.82, 2.24) is 15.1 Å². The molecule has 1 atom stereocenters. The van der Waals surface area contributed by atoms with Crippen molar-refractivity contribution in [2.45, 2.75) is 29.5 Å². The first-order valence-corrected chi connectivity index (χ1v) is 8.18. The maximum Gasteiger partial charge on any atom is 0.243 e. The Balaban J connectivity index is 1.70. The molecule has 108 valence electrons. The Hall–Kier alpha value is -1.73. The average molecular weight is 319 g/mol. The van der Waals surface area contributed by atoms with Gasteiger partial charge in [0, 0.05) is 6.42 Å². The highest BCUT2D eigenvalue weighted by Crippen LogP contribution is 2.33. The zero-order valence-electron chi connectivity index (χ0n) is 11.4. The van der Waals surface area contributed by atoms with Gasteiger partial charge in [-0.2, -0.15) is 0 Å². The molecule has 21 heavy (non-hydrogen) atoms. The predicted octanol–water partition coefficient (Wildman–Crippen LogP) is 2.27. The number of imide groups is 1. The third kappa shape index (κ3) is 3.14. The Labute approximate surface area is 130 Å². The number of carbonyl (C=O) groups is 2. The minimum Gasteiger partial charge on any atom is -0.277 e. The minimum absolute atomic E-state index is 0.123. The monoisotopic (exact) mass is 319 g/mol. The van der Waals surface area contributed by atoms with E-state index in [4.69, 9.17) is 0 Å². The summed E-state index contributed by atoms with van der Waals surface area (Å²) in [5.74, 6) is -0.260. The molecular weight excluding hydrogens is 306 g/mol. The van der Waals surface area contributed by atoms with Gasteiger partial charge in [-0.05, 0) is 12.5 Å². The molecule has 1 saturated heterocycles. The quantitative estimate of drug-likeness (QED) is 0.809. The summed E-state index contributed by atoms with van der Waals surface area (Å²) >= 11 is 2.77. The van der Waals surface area contributed by atoms with Gasteiger partial charge in [0.15, 0.2) is 4.34 Å². The van der Waals surface area contributed by atoms with Crippen molar-refractivity contribution in [2.24, 2.45) is 0 Å². The lowest BCUT2D eigenvalue weighted by Crippen LogP contribution is -2.30. The van der Waals surface area contributed by atoms with Gasteiger partial charge in [-0.15, -0.1) is 10.2 Å². The van der Waals surface area contributed by atoms with Gasteiger partial charge >= 0.3 is 0 Å². The lowest BCUT2D eigenvalue weighted by Gasteiger charge is -2.14. The van der Waals surface area contributed by atoms with Crippen molar-refractivity contribution in [1.29, 1.82) is 0 Å². The van der Waals surface area contributed by atoms with E-state index in [1.54, 1.807) is 0 Å². The van der Waals surface area contributed by atoms with E-state index in [1.165, 1.54) is 28.0 Å². The van der Waals surface area contributed by atoms with Crippen molar-refractivity contribution < 1.29 is 9.59 Å². The van der Waals surface area contributed by atoms with Crippen LogP contribution in [-0.4, -0.2) is 32.2 Å². The van der Waals surface area contributed by atoms with Gasteiger partial charge < -0.3 is 0 Å². The lowest BCUT2D eigenvalue weighted by atomic mass is 10.2. The van der Waals surface area contributed by atoms with E-state index in [9.17, 15) is 9.59 Å². The number of aromatic nitrogens is 2. The van der Waals surface area contributed by atoms with Crippen LogP contribution >= 0.6 is 23.1 Å². The number of hydrogen-bond acceptors (Lipinski definition) is 6. The summed E-state index contributed by atoms with van der Waals surface area (Å²) in [6.45, 7) is 2.20. The number of hydrogen-bond donors (Lipinski definition) is 0. The molecule has 1 unspecified atom stereocenters. The van der Waals surface area contributed by atoms with Crippen LogP contribution in [0.3, 0.4) is 0 Å². The maximum atomic E-state index is 12.4. The molecule has 2 heterocycles. The molecule has 2 aromatic rings. The van der Waals surface area contributed by atoms with Crippen LogP contribution in [0, 0.1) is 6.92 Å². The highest BCUT2D eigenvalue weighted by molar-refractivity contribution is 8.02. The summed E-state index contributed by atoms with van der Waals surface area (Å²) in [4.78, 5) is 25.8. The van der Waals surface area contributed by atoms with Gasteiger partial charge in [0.1, 0.15) is 5.01 Å². The topological polar surface area (TPSA) is 63.2 Å².